The van der Waals surface area contributed by atoms with Gasteiger partial charge in [-0.3, -0.25) is 4.68 Å². The van der Waals surface area contributed by atoms with Crippen LogP contribution in [0.15, 0.2) is 6.07 Å². The third-order valence-corrected chi connectivity index (χ3v) is 3.71. The van der Waals surface area contributed by atoms with Gasteiger partial charge in [0.05, 0.1) is 11.8 Å². The van der Waals surface area contributed by atoms with Crippen molar-refractivity contribution in [1.82, 2.24) is 9.78 Å². The molecule has 1 N–H and O–H groups in total. The average Bonchev–Trinajstić information content (AvgIpc) is 2.59. The molecule has 1 unspecified atom stereocenters. The largest absolute Gasteiger partial charge is 0.392 e. The fraction of sp³-hybridized carbons (Fsp3) is 0.750. The zero-order chi connectivity index (χ0) is 12.0. The monoisotopic (exact) mass is 242 g/mol. The van der Waals surface area contributed by atoms with Gasteiger partial charge in [0.15, 0.2) is 0 Å². The van der Waals surface area contributed by atoms with Gasteiger partial charge < -0.3 is 5.11 Å². The summed E-state index contributed by atoms with van der Waals surface area (Å²) in [6, 6.07) is 2.07. The first-order chi connectivity index (χ1) is 7.67. The van der Waals surface area contributed by atoms with Crippen LogP contribution in [0.3, 0.4) is 0 Å². The summed E-state index contributed by atoms with van der Waals surface area (Å²) in [6.45, 7) is 7.11. The van der Waals surface area contributed by atoms with Gasteiger partial charge in [0.25, 0.3) is 0 Å². The van der Waals surface area contributed by atoms with Crippen LogP contribution in [-0.2, 0) is 13.0 Å². The molecule has 4 heteroatoms. The number of aromatic nitrogens is 2. The lowest BCUT2D eigenvalue weighted by Gasteiger charge is -2.10. The number of aliphatic hydroxyl groups is 1. The quantitative estimate of drug-likeness (QED) is 0.745. The van der Waals surface area contributed by atoms with Gasteiger partial charge in [-0.15, -0.1) is 0 Å². The second-order valence-corrected chi connectivity index (χ2v) is 5.18. The van der Waals surface area contributed by atoms with E-state index in [9.17, 15) is 5.11 Å². The van der Waals surface area contributed by atoms with E-state index in [1.54, 1.807) is 0 Å². The zero-order valence-corrected chi connectivity index (χ0v) is 11.3. The predicted octanol–water partition coefficient (Wildman–Crippen LogP) is 2.26. The summed E-state index contributed by atoms with van der Waals surface area (Å²) < 4.78 is 1.98. The minimum atomic E-state index is -0.252. The van der Waals surface area contributed by atoms with Gasteiger partial charge in [0.1, 0.15) is 0 Å². The smallest absolute Gasteiger partial charge is 0.0685 e. The first-order valence-corrected chi connectivity index (χ1v) is 7.12. The number of aryl methyl sites for hydroxylation is 2. The van der Waals surface area contributed by atoms with E-state index in [1.807, 2.05) is 23.4 Å². The van der Waals surface area contributed by atoms with E-state index < -0.39 is 0 Å². The number of aliphatic hydroxyl groups excluding tert-OH is 1. The van der Waals surface area contributed by atoms with Crippen LogP contribution < -0.4 is 0 Å². The Hall–Kier alpha value is -0.480. The van der Waals surface area contributed by atoms with Crippen molar-refractivity contribution in [1.29, 1.82) is 0 Å². The summed E-state index contributed by atoms with van der Waals surface area (Å²) in [5.41, 5.74) is 2.18. The van der Waals surface area contributed by atoms with E-state index in [4.69, 9.17) is 0 Å². The van der Waals surface area contributed by atoms with Crippen molar-refractivity contribution < 1.29 is 5.11 Å². The molecule has 1 rings (SSSR count). The molecule has 0 radical (unpaired) electrons. The number of hydrogen-bond acceptors (Lipinski definition) is 3. The Labute approximate surface area is 102 Å². The van der Waals surface area contributed by atoms with Crippen molar-refractivity contribution in [3.05, 3.63) is 17.5 Å². The molecule has 0 aromatic carbocycles. The average molecular weight is 242 g/mol. The van der Waals surface area contributed by atoms with E-state index in [1.165, 1.54) is 6.42 Å². The summed E-state index contributed by atoms with van der Waals surface area (Å²) in [7, 11) is 0. The Kier molecular flexibility index (Phi) is 5.91. The molecule has 3 nitrogen and oxygen atoms in total. The summed E-state index contributed by atoms with van der Waals surface area (Å²) >= 11 is 1.82. The Morgan fingerprint density at radius 2 is 2.25 bits per heavy atom. The SMILES string of the molecule is CCCSCC(O)Cc1cc(C)nn1CC. The maximum absolute atomic E-state index is 9.90. The summed E-state index contributed by atoms with van der Waals surface area (Å²) in [4.78, 5) is 0. The van der Waals surface area contributed by atoms with Crippen LogP contribution in [-0.4, -0.2) is 32.5 Å². The van der Waals surface area contributed by atoms with Crippen LogP contribution in [0.4, 0.5) is 0 Å². The summed E-state index contributed by atoms with van der Waals surface area (Å²) in [5, 5.41) is 14.3. The molecule has 0 aliphatic carbocycles. The van der Waals surface area contributed by atoms with Crippen molar-refractivity contribution >= 4 is 11.8 Å². The first-order valence-electron chi connectivity index (χ1n) is 5.96. The van der Waals surface area contributed by atoms with Crippen molar-refractivity contribution in [2.75, 3.05) is 11.5 Å². The Morgan fingerprint density at radius 1 is 1.50 bits per heavy atom. The highest BCUT2D eigenvalue weighted by Gasteiger charge is 2.10. The van der Waals surface area contributed by atoms with E-state index in [2.05, 4.69) is 25.0 Å². The molecule has 0 fully saturated rings. The Bertz CT molecular complexity index is 312. The normalized spacial score (nSPS) is 13.0. The Balaban J connectivity index is 2.45. The molecular formula is C12H22N2OS. The number of rotatable bonds is 7. The van der Waals surface area contributed by atoms with E-state index in [0.717, 1.165) is 29.4 Å². The zero-order valence-electron chi connectivity index (χ0n) is 10.4. The molecule has 0 saturated heterocycles. The molecule has 1 heterocycles. The van der Waals surface area contributed by atoms with Crippen LogP contribution in [0, 0.1) is 6.92 Å². The van der Waals surface area contributed by atoms with Gasteiger partial charge in [0, 0.05) is 24.4 Å². The standard InChI is InChI=1S/C12H22N2OS/c1-4-6-16-9-12(15)8-11-7-10(3)13-14(11)5-2/h7,12,15H,4-6,8-9H2,1-3H3. The third-order valence-electron chi connectivity index (χ3n) is 2.39. The molecule has 0 amide bonds. The summed E-state index contributed by atoms with van der Waals surface area (Å²) in [5.74, 6) is 1.95. The fourth-order valence-corrected chi connectivity index (χ4v) is 2.55. The second kappa shape index (κ2) is 6.97. The molecule has 1 aromatic heterocycles. The van der Waals surface area contributed by atoms with Crippen LogP contribution in [0.25, 0.3) is 0 Å². The number of nitrogens with zero attached hydrogens (tertiary/aromatic N) is 2. The number of hydrogen-bond donors (Lipinski definition) is 1. The predicted molar refractivity (Wildman–Crippen MR) is 70.0 cm³/mol. The van der Waals surface area contributed by atoms with Gasteiger partial charge in [-0.1, -0.05) is 6.92 Å². The lowest BCUT2D eigenvalue weighted by Crippen LogP contribution is -2.16. The topological polar surface area (TPSA) is 38.1 Å². The molecule has 0 spiro atoms. The Morgan fingerprint density at radius 3 is 2.88 bits per heavy atom. The highest BCUT2D eigenvalue weighted by Crippen LogP contribution is 2.11. The number of thioether (sulfide) groups is 1. The molecule has 0 aliphatic rings. The van der Waals surface area contributed by atoms with Gasteiger partial charge in [0.2, 0.25) is 0 Å². The highest BCUT2D eigenvalue weighted by atomic mass is 32.2. The maximum atomic E-state index is 9.90. The fourth-order valence-electron chi connectivity index (χ4n) is 1.70. The van der Waals surface area contributed by atoms with Gasteiger partial charge in [-0.2, -0.15) is 16.9 Å². The van der Waals surface area contributed by atoms with Crippen LogP contribution in [0.1, 0.15) is 31.7 Å². The van der Waals surface area contributed by atoms with Crippen LogP contribution >= 0.6 is 11.8 Å². The van der Waals surface area contributed by atoms with Gasteiger partial charge in [-0.05, 0) is 32.1 Å². The van der Waals surface area contributed by atoms with Crippen molar-refractivity contribution in [2.45, 2.75) is 46.3 Å². The molecule has 0 aliphatic heterocycles. The van der Waals surface area contributed by atoms with E-state index in [0.29, 0.717) is 6.42 Å². The molecule has 16 heavy (non-hydrogen) atoms. The van der Waals surface area contributed by atoms with Crippen LogP contribution in [0.5, 0.6) is 0 Å². The van der Waals surface area contributed by atoms with Crippen molar-refractivity contribution in [3.8, 4) is 0 Å². The highest BCUT2D eigenvalue weighted by molar-refractivity contribution is 7.99. The molecule has 0 bridgehead atoms. The van der Waals surface area contributed by atoms with Crippen LogP contribution in [0.2, 0.25) is 0 Å². The van der Waals surface area contributed by atoms with E-state index in [-0.39, 0.29) is 6.10 Å². The van der Waals surface area contributed by atoms with Crippen molar-refractivity contribution in [3.63, 3.8) is 0 Å². The van der Waals surface area contributed by atoms with Gasteiger partial charge >= 0.3 is 0 Å². The second-order valence-electron chi connectivity index (χ2n) is 4.03. The summed E-state index contributed by atoms with van der Waals surface area (Å²) in [6.07, 6.45) is 1.63. The molecule has 1 aromatic rings. The molecule has 92 valence electrons. The molecule has 0 saturated carbocycles. The maximum Gasteiger partial charge on any atom is 0.0685 e. The van der Waals surface area contributed by atoms with E-state index >= 15 is 0 Å². The van der Waals surface area contributed by atoms with Gasteiger partial charge in [-0.25, -0.2) is 0 Å². The first kappa shape index (κ1) is 13.6. The lowest BCUT2D eigenvalue weighted by atomic mass is 10.2. The molecule has 1 atom stereocenters. The van der Waals surface area contributed by atoms with Crippen molar-refractivity contribution in [2.24, 2.45) is 0 Å². The molecular weight excluding hydrogens is 220 g/mol. The third kappa shape index (κ3) is 4.18. The lowest BCUT2D eigenvalue weighted by molar-refractivity contribution is 0.197. The minimum Gasteiger partial charge on any atom is -0.392 e. The minimum absolute atomic E-state index is 0.252.